The van der Waals surface area contributed by atoms with Gasteiger partial charge in [0.05, 0.1) is 24.0 Å². The fraction of sp³-hybridized carbons (Fsp3) is 0.217. The summed E-state index contributed by atoms with van der Waals surface area (Å²) in [7, 11) is 0. The zero-order valence-corrected chi connectivity index (χ0v) is 16.6. The van der Waals surface area contributed by atoms with Crippen LogP contribution in [-0.2, 0) is 0 Å². The average Bonchev–Trinajstić information content (AvgIpc) is 2.69. The van der Waals surface area contributed by atoms with E-state index in [1.54, 1.807) is 18.2 Å². The summed E-state index contributed by atoms with van der Waals surface area (Å²) in [5.74, 6) is -0.0343. The van der Waals surface area contributed by atoms with Gasteiger partial charge in [0.25, 0.3) is 0 Å². The number of ether oxygens (including phenoxy) is 1. The number of carbonyl (C=O) groups excluding carboxylic acids is 1. The van der Waals surface area contributed by atoms with Crippen molar-refractivity contribution in [3.05, 3.63) is 71.4 Å². The van der Waals surface area contributed by atoms with E-state index in [2.05, 4.69) is 18.8 Å². The summed E-state index contributed by atoms with van der Waals surface area (Å²) in [6, 6.07) is 18.0. The van der Waals surface area contributed by atoms with Crippen LogP contribution in [0.2, 0.25) is 5.02 Å². The molecule has 4 nitrogen and oxygen atoms in total. The van der Waals surface area contributed by atoms with Crippen molar-refractivity contribution in [2.75, 3.05) is 6.61 Å². The van der Waals surface area contributed by atoms with E-state index in [0.29, 0.717) is 23.2 Å². The van der Waals surface area contributed by atoms with Crippen LogP contribution >= 0.6 is 11.6 Å². The van der Waals surface area contributed by atoms with Crippen LogP contribution < -0.4 is 9.84 Å². The van der Waals surface area contributed by atoms with E-state index in [4.69, 9.17) is 16.3 Å². The Morgan fingerprint density at radius 3 is 2.50 bits per heavy atom. The first-order valence-corrected chi connectivity index (χ1v) is 9.54. The number of aromatic nitrogens is 1. The summed E-state index contributed by atoms with van der Waals surface area (Å²) >= 11 is 6.26. The van der Waals surface area contributed by atoms with Crippen molar-refractivity contribution >= 4 is 17.6 Å². The number of pyridine rings is 1. The molecular weight excluding hydrogens is 374 g/mol. The minimum Gasteiger partial charge on any atom is -0.543 e. The molecular formula is C23H21ClNO3-. The second-order valence-electron chi connectivity index (χ2n) is 6.91. The molecule has 0 aliphatic carbocycles. The molecule has 3 rings (SSSR count). The highest BCUT2D eigenvalue weighted by molar-refractivity contribution is 6.31. The largest absolute Gasteiger partial charge is 0.543 e. The van der Waals surface area contributed by atoms with E-state index in [9.17, 15) is 9.90 Å². The number of nitrogens with zero attached hydrogens (tertiary/aromatic N) is 1. The van der Waals surface area contributed by atoms with Crippen LogP contribution in [0.25, 0.3) is 22.4 Å². The molecule has 0 unspecified atom stereocenters. The molecule has 0 saturated carbocycles. The topological polar surface area (TPSA) is 62.2 Å². The van der Waals surface area contributed by atoms with E-state index < -0.39 is 5.97 Å². The monoisotopic (exact) mass is 394 g/mol. The zero-order valence-electron chi connectivity index (χ0n) is 15.8. The number of benzene rings is 2. The fourth-order valence-electron chi connectivity index (χ4n) is 2.88. The third kappa shape index (κ3) is 4.70. The molecule has 5 heteroatoms. The fourth-order valence-corrected chi connectivity index (χ4v) is 3.05. The molecule has 28 heavy (non-hydrogen) atoms. The van der Waals surface area contributed by atoms with Gasteiger partial charge in [-0.05, 0) is 48.2 Å². The van der Waals surface area contributed by atoms with E-state index in [0.717, 1.165) is 28.9 Å². The summed E-state index contributed by atoms with van der Waals surface area (Å²) in [5.41, 5.74) is 2.94. The molecule has 0 atom stereocenters. The van der Waals surface area contributed by atoms with Crippen LogP contribution in [0.3, 0.4) is 0 Å². The van der Waals surface area contributed by atoms with Gasteiger partial charge in [-0.15, -0.1) is 0 Å². The molecule has 0 N–H and O–H groups in total. The van der Waals surface area contributed by atoms with Crippen molar-refractivity contribution in [2.24, 2.45) is 5.92 Å². The lowest BCUT2D eigenvalue weighted by Crippen LogP contribution is -2.23. The molecule has 0 radical (unpaired) electrons. The summed E-state index contributed by atoms with van der Waals surface area (Å²) in [5, 5.41) is 11.8. The van der Waals surface area contributed by atoms with Crippen LogP contribution in [0.5, 0.6) is 5.75 Å². The molecule has 0 fully saturated rings. The third-order valence-electron chi connectivity index (χ3n) is 4.35. The first kappa shape index (κ1) is 19.9. The Kier molecular flexibility index (Phi) is 6.32. The SMILES string of the molecule is CC(C)CCOc1ccc(Cl)cc1-c1ccccc1-c1cccc(C(=O)[O-])n1. The molecule has 0 amide bonds. The van der Waals surface area contributed by atoms with Gasteiger partial charge in [-0.1, -0.05) is 55.8 Å². The van der Waals surface area contributed by atoms with Gasteiger partial charge in [0.2, 0.25) is 0 Å². The second-order valence-corrected chi connectivity index (χ2v) is 7.35. The number of carbonyl (C=O) groups is 1. The Morgan fingerprint density at radius 1 is 1.04 bits per heavy atom. The van der Waals surface area contributed by atoms with Crippen molar-refractivity contribution in [3.63, 3.8) is 0 Å². The van der Waals surface area contributed by atoms with Crippen molar-refractivity contribution in [1.29, 1.82) is 0 Å². The highest BCUT2D eigenvalue weighted by Crippen LogP contribution is 2.38. The number of aromatic carboxylic acids is 1. The number of hydrogen-bond donors (Lipinski definition) is 0. The van der Waals surface area contributed by atoms with Crippen LogP contribution in [-0.4, -0.2) is 17.6 Å². The Labute approximate surface area is 169 Å². The predicted molar refractivity (Wildman–Crippen MR) is 109 cm³/mol. The highest BCUT2D eigenvalue weighted by Gasteiger charge is 2.14. The van der Waals surface area contributed by atoms with E-state index in [-0.39, 0.29) is 5.69 Å². The van der Waals surface area contributed by atoms with Gasteiger partial charge in [-0.2, -0.15) is 0 Å². The number of rotatable bonds is 7. The predicted octanol–water partition coefficient (Wildman–Crippen LogP) is 4.86. The average molecular weight is 395 g/mol. The van der Waals surface area contributed by atoms with E-state index in [1.807, 2.05) is 36.4 Å². The normalized spacial score (nSPS) is 10.9. The quantitative estimate of drug-likeness (QED) is 0.574. The molecule has 3 aromatic rings. The maximum Gasteiger partial charge on any atom is 0.127 e. The zero-order chi connectivity index (χ0) is 20.1. The number of carboxylic acid groups (broad SMARTS) is 1. The van der Waals surface area contributed by atoms with Gasteiger partial charge in [-0.25, -0.2) is 4.98 Å². The van der Waals surface area contributed by atoms with Crippen molar-refractivity contribution in [1.82, 2.24) is 4.98 Å². The summed E-state index contributed by atoms with van der Waals surface area (Å²) in [6.07, 6.45) is 0.943. The Morgan fingerprint density at radius 2 is 1.79 bits per heavy atom. The van der Waals surface area contributed by atoms with E-state index >= 15 is 0 Å². The number of halogens is 1. The third-order valence-corrected chi connectivity index (χ3v) is 4.58. The van der Waals surface area contributed by atoms with Crippen LogP contribution in [0.4, 0.5) is 0 Å². The standard InChI is InChI=1S/C23H22ClNO3/c1-15(2)12-13-28-22-11-10-16(24)14-19(22)17-6-3-4-7-18(17)20-8-5-9-21(25-20)23(26)27/h3-11,14-15H,12-13H2,1-2H3,(H,26,27)/p-1. The molecule has 1 heterocycles. The van der Waals surface area contributed by atoms with Crippen molar-refractivity contribution in [2.45, 2.75) is 20.3 Å². The molecule has 0 saturated heterocycles. The molecule has 0 bridgehead atoms. The number of hydrogen-bond acceptors (Lipinski definition) is 4. The lowest BCUT2D eigenvalue weighted by molar-refractivity contribution is -0.255. The van der Waals surface area contributed by atoms with Crippen molar-refractivity contribution < 1.29 is 14.6 Å². The second kappa shape index (κ2) is 8.89. The Bertz CT molecular complexity index is 985. The first-order chi connectivity index (χ1) is 13.5. The van der Waals surface area contributed by atoms with Gasteiger partial charge in [0.1, 0.15) is 5.75 Å². The lowest BCUT2D eigenvalue weighted by atomic mass is 9.96. The summed E-state index contributed by atoms with van der Waals surface area (Å²) in [4.78, 5) is 15.4. The Balaban J connectivity index is 2.07. The lowest BCUT2D eigenvalue weighted by Gasteiger charge is -2.16. The van der Waals surface area contributed by atoms with Gasteiger partial charge in [0.15, 0.2) is 0 Å². The summed E-state index contributed by atoms with van der Waals surface area (Å²) in [6.45, 7) is 4.90. The van der Waals surface area contributed by atoms with Gasteiger partial charge < -0.3 is 14.6 Å². The molecule has 2 aromatic carbocycles. The van der Waals surface area contributed by atoms with Gasteiger partial charge >= 0.3 is 0 Å². The Hall–Kier alpha value is -2.85. The number of carboxylic acids is 1. The minimum absolute atomic E-state index is 0.105. The smallest absolute Gasteiger partial charge is 0.127 e. The molecule has 0 spiro atoms. The summed E-state index contributed by atoms with van der Waals surface area (Å²) < 4.78 is 6.03. The molecule has 1 aromatic heterocycles. The first-order valence-electron chi connectivity index (χ1n) is 9.16. The highest BCUT2D eigenvalue weighted by atomic mass is 35.5. The van der Waals surface area contributed by atoms with Gasteiger partial charge in [0, 0.05) is 16.1 Å². The van der Waals surface area contributed by atoms with Gasteiger partial charge in [-0.3, -0.25) is 0 Å². The maximum atomic E-state index is 11.2. The van der Waals surface area contributed by atoms with Crippen LogP contribution in [0.15, 0.2) is 60.7 Å². The van der Waals surface area contributed by atoms with E-state index in [1.165, 1.54) is 6.07 Å². The molecule has 144 valence electrons. The van der Waals surface area contributed by atoms with Crippen LogP contribution in [0, 0.1) is 5.92 Å². The maximum absolute atomic E-state index is 11.2. The van der Waals surface area contributed by atoms with Crippen molar-refractivity contribution in [3.8, 4) is 28.1 Å². The molecule has 0 aliphatic rings. The van der Waals surface area contributed by atoms with Crippen LogP contribution in [0.1, 0.15) is 30.8 Å². The molecule has 0 aliphatic heterocycles. The minimum atomic E-state index is -1.31.